The van der Waals surface area contributed by atoms with Crippen molar-refractivity contribution in [2.75, 3.05) is 50.9 Å². The van der Waals surface area contributed by atoms with Crippen LogP contribution in [0.1, 0.15) is 23.9 Å². The van der Waals surface area contributed by atoms with Gasteiger partial charge in [0.1, 0.15) is 11.3 Å². The summed E-state index contributed by atoms with van der Waals surface area (Å²) < 4.78 is 18.0. The summed E-state index contributed by atoms with van der Waals surface area (Å²) in [7, 11) is 0. The first kappa shape index (κ1) is 21.9. The van der Waals surface area contributed by atoms with E-state index in [1.807, 2.05) is 55.5 Å². The minimum atomic E-state index is -0.169. The Kier molecular flexibility index (Phi) is 6.57. The van der Waals surface area contributed by atoms with Gasteiger partial charge in [-0.1, -0.05) is 29.5 Å². The fraction of sp³-hybridized carbons (Fsp3) is 0.360. The highest BCUT2D eigenvalue weighted by atomic mass is 32.1. The van der Waals surface area contributed by atoms with Crippen molar-refractivity contribution in [1.82, 2.24) is 9.88 Å². The molecule has 0 unspecified atom stereocenters. The topological polar surface area (TPSA) is 68.0 Å². The number of hydrogen-bond donors (Lipinski definition) is 0. The van der Waals surface area contributed by atoms with Gasteiger partial charge in [-0.15, -0.1) is 0 Å². The molecule has 0 radical (unpaired) electrons. The lowest BCUT2D eigenvalue weighted by atomic mass is 10.2. The van der Waals surface area contributed by atoms with Gasteiger partial charge in [0.15, 0.2) is 10.9 Å². The van der Waals surface area contributed by atoms with Gasteiger partial charge < -0.3 is 13.9 Å². The monoisotopic (exact) mass is 465 g/mol. The summed E-state index contributed by atoms with van der Waals surface area (Å²) in [5, 5.41) is 1.59. The van der Waals surface area contributed by atoms with Crippen molar-refractivity contribution in [2.24, 2.45) is 0 Å². The number of para-hydroxylation sites is 1. The van der Waals surface area contributed by atoms with E-state index in [9.17, 15) is 4.79 Å². The van der Waals surface area contributed by atoms with Crippen molar-refractivity contribution < 1.29 is 18.7 Å². The molecule has 0 bridgehead atoms. The zero-order chi connectivity index (χ0) is 22.6. The second kappa shape index (κ2) is 9.91. The van der Waals surface area contributed by atoms with E-state index >= 15 is 0 Å². The quantitative estimate of drug-likeness (QED) is 0.372. The highest BCUT2D eigenvalue weighted by molar-refractivity contribution is 7.22. The fourth-order valence-electron chi connectivity index (χ4n) is 4.05. The number of anilines is 1. The van der Waals surface area contributed by atoms with E-state index in [4.69, 9.17) is 18.9 Å². The molecule has 2 aromatic carbocycles. The average Bonchev–Trinajstić information content (AvgIpc) is 3.46. The molecule has 8 heteroatoms. The summed E-state index contributed by atoms with van der Waals surface area (Å²) in [6, 6.07) is 15.3. The van der Waals surface area contributed by atoms with Gasteiger partial charge in [-0.2, -0.15) is 0 Å². The summed E-state index contributed by atoms with van der Waals surface area (Å²) in [6.45, 7) is 7.43. The third kappa shape index (κ3) is 4.88. The molecule has 0 spiro atoms. The average molecular weight is 466 g/mol. The third-order valence-corrected chi connectivity index (χ3v) is 6.77. The molecule has 0 aliphatic carbocycles. The molecule has 0 N–H and O–H groups in total. The van der Waals surface area contributed by atoms with Gasteiger partial charge in [0.05, 0.1) is 30.0 Å². The first-order valence-electron chi connectivity index (χ1n) is 11.3. The van der Waals surface area contributed by atoms with Crippen LogP contribution in [-0.4, -0.2) is 61.8 Å². The van der Waals surface area contributed by atoms with Gasteiger partial charge in [-0.05, 0) is 43.7 Å². The Hall–Kier alpha value is -2.94. The summed E-state index contributed by atoms with van der Waals surface area (Å²) in [4.78, 5) is 22.5. The van der Waals surface area contributed by atoms with Crippen molar-refractivity contribution >= 4 is 43.6 Å². The number of fused-ring (bicyclic) bond motifs is 2. The molecule has 3 heterocycles. The van der Waals surface area contributed by atoms with Crippen LogP contribution in [0.2, 0.25) is 0 Å². The molecule has 7 nitrogen and oxygen atoms in total. The van der Waals surface area contributed by atoms with E-state index < -0.39 is 0 Å². The van der Waals surface area contributed by atoms with Crippen LogP contribution in [0.15, 0.2) is 52.9 Å². The first-order valence-corrected chi connectivity index (χ1v) is 12.2. The van der Waals surface area contributed by atoms with Gasteiger partial charge in [0.2, 0.25) is 0 Å². The molecule has 1 amide bonds. The molecule has 4 aromatic rings. The van der Waals surface area contributed by atoms with E-state index in [0.29, 0.717) is 29.6 Å². The third-order valence-electron chi connectivity index (χ3n) is 5.73. The minimum absolute atomic E-state index is 0.169. The number of ether oxygens (including phenoxy) is 2. The molecule has 2 aromatic heterocycles. The van der Waals surface area contributed by atoms with Gasteiger partial charge in [0, 0.05) is 31.6 Å². The van der Waals surface area contributed by atoms with E-state index in [1.54, 1.807) is 4.90 Å². The van der Waals surface area contributed by atoms with E-state index in [1.165, 1.54) is 11.3 Å². The zero-order valence-corrected chi connectivity index (χ0v) is 19.5. The van der Waals surface area contributed by atoms with Crippen LogP contribution in [0, 0.1) is 0 Å². The number of benzene rings is 2. The van der Waals surface area contributed by atoms with Crippen molar-refractivity contribution in [3.63, 3.8) is 0 Å². The van der Waals surface area contributed by atoms with E-state index in [2.05, 4.69) is 4.90 Å². The second-order valence-corrected chi connectivity index (χ2v) is 8.98. The standard InChI is InChI=1S/C25H27N3O4S/c1-2-31-19-8-9-20-23(17-19)33-25(26-20)28(11-5-10-27-12-14-30-15-13-27)24(29)22-16-18-6-3-4-7-21(18)32-22/h3-4,6-9,16-17H,2,5,10-15H2,1H3. The van der Waals surface area contributed by atoms with Crippen LogP contribution >= 0.6 is 11.3 Å². The predicted molar refractivity (Wildman–Crippen MR) is 131 cm³/mol. The summed E-state index contributed by atoms with van der Waals surface area (Å²) in [5.74, 6) is 0.969. The highest BCUT2D eigenvalue weighted by Gasteiger charge is 2.25. The summed E-state index contributed by atoms with van der Waals surface area (Å²) in [6.07, 6.45) is 0.839. The number of carbonyl (C=O) groups excluding carboxylic acids is 1. The van der Waals surface area contributed by atoms with E-state index in [0.717, 1.165) is 60.6 Å². The van der Waals surface area contributed by atoms with Crippen LogP contribution in [0.5, 0.6) is 5.75 Å². The Labute approximate surface area is 196 Å². The number of furan rings is 1. The van der Waals surface area contributed by atoms with Crippen molar-refractivity contribution in [3.05, 3.63) is 54.3 Å². The van der Waals surface area contributed by atoms with Crippen molar-refractivity contribution in [1.29, 1.82) is 0 Å². The zero-order valence-electron chi connectivity index (χ0n) is 18.7. The maximum absolute atomic E-state index is 13.6. The lowest BCUT2D eigenvalue weighted by Crippen LogP contribution is -2.39. The molecule has 1 aliphatic rings. The minimum Gasteiger partial charge on any atom is -0.494 e. The number of hydrogen-bond acceptors (Lipinski definition) is 7. The number of aromatic nitrogens is 1. The van der Waals surface area contributed by atoms with Crippen LogP contribution < -0.4 is 9.64 Å². The van der Waals surface area contributed by atoms with Gasteiger partial charge in [-0.3, -0.25) is 14.6 Å². The molecule has 0 atom stereocenters. The number of morpholine rings is 1. The Bertz CT molecular complexity index is 1210. The number of nitrogens with zero attached hydrogens (tertiary/aromatic N) is 3. The number of thiazole rings is 1. The van der Waals surface area contributed by atoms with E-state index in [-0.39, 0.29) is 5.91 Å². The predicted octanol–water partition coefficient (Wildman–Crippen LogP) is 4.81. The lowest BCUT2D eigenvalue weighted by molar-refractivity contribution is 0.0376. The van der Waals surface area contributed by atoms with Crippen molar-refractivity contribution in [2.45, 2.75) is 13.3 Å². The molecule has 0 saturated carbocycles. The second-order valence-electron chi connectivity index (χ2n) is 7.97. The van der Waals surface area contributed by atoms with Gasteiger partial charge >= 0.3 is 0 Å². The fourth-order valence-corrected chi connectivity index (χ4v) is 5.06. The maximum atomic E-state index is 13.6. The lowest BCUT2D eigenvalue weighted by Gasteiger charge is -2.27. The molecule has 33 heavy (non-hydrogen) atoms. The van der Waals surface area contributed by atoms with Crippen LogP contribution in [0.25, 0.3) is 21.2 Å². The molecule has 1 fully saturated rings. The Morgan fingerprint density at radius 3 is 2.85 bits per heavy atom. The number of amides is 1. The largest absolute Gasteiger partial charge is 0.494 e. The SMILES string of the molecule is CCOc1ccc2nc(N(CCCN3CCOCC3)C(=O)c3cc4ccccc4o3)sc2c1. The highest BCUT2D eigenvalue weighted by Crippen LogP contribution is 2.33. The molecule has 172 valence electrons. The molecular formula is C25H27N3O4S. The Morgan fingerprint density at radius 2 is 2.03 bits per heavy atom. The summed E-state index contributed by atoms with van der Waals surface area (Å²) >= 11 is 1.50. The summed E-state index contributed by atoms with van der Waals surface area (Å²) in [5.41, 5.74) is 1.56. The molecule has 1 saturated heterocycles. The van der Waals surface area contributed by atoms with Gasteiger partial charge in [-0.25, -0.2) is 4.98 Å². The maximum Gasteiger partial charge on any atom is 0.295 e. The Balaban J connectivity index is 1.42. The normalized spacial score (nSPS) is 14.7. The smallest absolute Gasteiger partial charge is 0.295 e. The van der Waals surface area contributed by atoms with Crippen molar-refractivity contribution in [3.8, 4) is 5.75 Å². The first-order chi connectivity index (χ1) is 16.2. The molecule has 5 rings (SSSR count). The number of rotatable bonds is 8. The van der Waals surface area contributed by atoms with Crippen LogP contribution in [0.3, 0.4) is 0 Å². The van der Waals surface area contributed by atoms with Crippen LogP contribution in [0.4, 0.5) is 5.13 Å². The number of carbonyl (C=O) groups is 1. The Morgan fingerprint density at radius 1 is 1.18 bits per heavy atom. The molecular weight excluding hydrogens is 438 g/mol. The van der Waals surface area contributed by atoms with Crippen LogP contribution in [-0.2, 0) is 4.74 Å². The van der Waals surface area contributed by atoms with Gasteiger partial charge in [0.25, 0.3) is 5.91 Å². The molecule has 1 aliphatic heterocycles.